The maximum Gasteiger partial charge on any atom is 0.307 e. The van der Waals surface area contributed by atoms with Gasteiger partial charge in [0.25, 0.3) is 0 Å². The van der Waals surface area contributed by atoms with Gasteiger partial charge in [0.15, 0.2) is 0 Å². The zero-order chi connectivity index (χ0) is 25.8. The van der Waals surface area contributed by atoms with Crippen LogP contribution in [-0.4, -0.2) is 64.7 Å². The van der Waals surface area contributed by atoms with E-state index in [1.807, 2.05) is 42.6 Å². The molecule has 0 spiro atoms. The van der Waals surface area contributed by atoms with Gasteiger partial charge in [0, 0.05) is 48.5 Å². The van der Waals surface area contributed by atoms with Gasteiger partial charge in [0.2, 0.25) is 16.4 Å². The van der Waals surface area contributed by atoms with Gasteiger partial charge in [-0.3, -0.25) is 9.59 Å². The highest BCUT2D eigenvalue weighted by Crippen LogP contribution is 2.30. The molecule has 1 N–H and O–H groups in total. The monoisotopic (exact) mass is 539 g/mol. The first-order valence-electron chi connectivity index (χ1n) is 11.2. The topological polar surface area (TPSA) is 96.0 Å². The molecule has 0 aliphatic heterocycles. The molecule has 2 aromatic rings. The SMILES string of the molecule is CCC(C)SSC=CN(C=O)CCOC(=O)CCNS(=O)(=O)c1cccc2c(N(C)C)cccc12. The smallest absolute Gasteiger partial charge is 0.307 e. The van der Waals surface area contributed by atoms with Crippen molar-refractivity contribution in [3.05, 3.63) is 48.0 Å². The van der Waals surface area contributed by atoms with Gasteiger partial charge in [-0.05, 0) is 24.0 Å². The first-order valence-corrected chi connectivity index (χ1v) is 15.0. The average Bonchev–Trinajstić information content (AvgIpc) is 2.84. The van der Waals surface area contributed by atoms with Crippen molar-refractivity contribution in [1.82, 2.24) is 9.62 Å². The Hall–Kier alpha value is -2.21. The predicted octanol–water partition coefficient (Wildman–Crippen LogP) is 4.23. The second kappa shape index (κ2) is 14.4. The minimum absolute atomic E-state index is 0.0223. The Morgan fingerprint density at radius 2 is 1.89 bits per heavy atom. The Labute approximate surface area is 215 Å². The molecule has 1 unspecified atom stereocenters. The van der Waals surface area contributed by atoms with Crippen molar-refractivity contribution in [2.45, 2.75) is 36.8 Å². The van der Waals surface area contributed by atoms with Crippen LogP contribution in [0.4, 0.5) is 5.69 Å². The predicted molar refractivity (Wildman–Crippen MR) is 146 cm³/mol. The first-order chi connectivity index (χ1) is 16.7. The minimum atomic E-state index is -3.83. The third-order valence-corrected chi connectivity index (χ3v) is 9.28. The number of carbonyl (C=O) groups is 2. The number of esters is 1. The second-order valence-corrected chi connectivity index (χ2v) is 12.3. The summed E-state index contributed by atoms with van der Waals surface area (Å²) < 4.78 is 33.4. The molecule has 0 aliphatic rings. The molecule has 11 heteroatoms. The highest BCUT2D eigenvalue weighted by molar-refractivity contribution is 8.78. The van der Waals surface area contributed by atoms with Crippen molar-refractivity contribution in [2.24, 2.45) is 0 Å². The number of rotatable bonds is 15. The molecule has 0 saturated carbocycles. The number of nitrogens with one attached hydrogen (secondary N) is 1. The summed E-state index contributed by atoms with van der Waals surface area (Å²) in [6.07, 6.45) is 3.25. The Kier molecular flexibility index (Phi) is 11.9. The fourth-order valence-electron chi connectivity index (χ4n) is 3.05. The van der Waals surface area contributed by atoms with Crippen LogP contribution in [0.15, 0.2) is 52.9 Å². The summed E-state index contributed by atoms with van der Waals surface area (Å²) in [5, 5.41) is 3.77. The molecule has 192 valence electrons. The maximum atomic E-state index is 12.9. The molecule has 0 aliphatic carbocycles. The number of anilines is 1. The summed E-state index contributed by atoms with van der Waals surface area (Å²) in [5.41, 5.74) is 0.912. The number of nitrogens with zero attached hydrogens (tertiary/aromatic N) is 2. The largest absolute Gasteiger partial charge is 0.464 e. The van der Waals surface area contributed by atoms with Crippen LogP contribution >= 0.6 is 21.6 Å². The summed E-state index contributed by atoms with van der Waals surface area (Å²) in [5.74, 6) is -0.544. The molecule has 2 aromatic carbocycles. The Morgan fingerprint density at radius 3 is 2.57 bits per heavy atom. The van der Waals surface area contributed by atoms with Gasteiger partial charge in [-0.15, -0.1) is 0 Å². The number of fused-ring (bicyclic) bond motifs is 1. The van der Waals surface area contributed by atoms with Crippen LogP contribution in [0.5, 0.6) is 0 Å². The molecule has 0 heterocycles. The van der Waals surface area contributed by atoms with Crippen LogP contribution in [0, 0.1) is 0 Å². The normalized spacial score (nSPS) is 12.6. The number of sulfonamides is 1. The van der Waals surface area contributed by atoms with Crippen LogP contribution in [0.2, 0.25) is 0 Å². The van der Waals surface area contributed by atoms with Crippen molar-refractivity contribution < 1.29 is 22.7 Å². The van der Waals surface area contributed by atoms with Gasteiger partial charge in [0.1, 0.15) is 6.61 Å². The van der Waals surface area contributed by atoms with Crippen molar-refractivity contribution in [2.75, 3.05) is 38.7 Å². The van der Waals surface area contributed by atoms with Crippen LogP contribution in [0.25, 0.3) is 10.8 Å². The molecule has 1 amide bonds. The van der Waals surface area contributed by atoms with E-state index < -0.39 is 16.0 Å². The van der Waals surface area contributed by atoms with Crippen molar-refractivity contribution in [3.8, 4) is 0 Å². The van der Waals surface area contributed by atoms with Crippen LogP contribution < -0.4 is 9.62 Å². The highest BCUT2D eigenvalue weighted by Gasteiger charge is 2.19. The van der Waals surface area contributed by atoms with Crippen LogP contribution in [-0.2, 0) is 24.3 Å². The van der Waals surface area contributed by atoms with Gasteiger partial charge in [-0.1, -0.05) is 59.7 Å². The highest BCUT2D eigenvalue weighted by atomic mass is 33.1. The van der Waals surface area contributed by atoms with E-state index in [1.165, 1.54) is 4.90 Å². The van der Waals surface area contributed by atoms with E-state index in [1.54, 1.807) is 46.0 Å². The van der Waals surface area contributed by atoms with Crippen molar-refractivity contribution in [1.29, 1.82) is 0 Å². The molecular weight excluding hydrogens is 506 g/mol. The van der Waals surface area contributed by atoms with E-state index in [2.05, 4.69) is 18.6 Å². The Morgan fingerprint density at radius 1 is 1.17 bits per heavy atom. The van der Waals surface area contributed by atoms with E-state index in [0.29, 0.717) is 17.0 Å². The molecule has 35 heavy (non-hydrogen) atoms. The molecule has 8 nitrogen and oxygen atoms in total. The van der Waals surface area contributed by atoms with E-state index in [9.17, 15) is 18.0 Å². The van der Waals surface area contributed by atoms with E-state index in [-0.39, 0.29) is 31.0 Å². The number of hydrogen-bond donors (Lipinski definition) is 1. The lowest BCUT2D eigenvalue weighted by molar-refractivity contribution is -0.144. The van der Waals surface area contributed by atoms with Gasteiger partial charge >= 0.3 is 5.97 Å². The molecule has 0 aromatic heterocycles. The van der Waals surface area contributed by atoms with Gasteiger partial charge in [-0.2, -0.15) is 0 Å². The zero-order valence-electron chi connectivity index (χ0n) is 20.5. The molecule has 2 rings (SSSR count). The van der Waals surface area contributed by atoms with Crippen molar-refractivity contribution >= 4 is 60.5 Å². The molecule has 0 fully saturated rings. The van der Waals surface area contributed by atoms with Crippen LogP contribution in [0.1, 0.15) is 26.7 Å². The lowest BCUT2D eigenvalue weighted by Gasteiger charge is -2.17. The summed E-state index contributed by atoms with van der Waals surface area (Å²) in [6, 6.07) is 10.6. The maximum absolute atomic E-state index is 12.9. The van der Waals surface area contributed by atoms with Crippen molar-refractivity contribution in [3.63, 3.8) is 0 Å². The zero-order valence-corrected chi connectivity index (χ0v) is 22.9. The van der Waals surface area contributed by atoms with Gasteiger partial charge in [-0.25, -0.2) is 13.1 Å². The molecule has 0 saturated heterocycles. The third-order valence-electron chi connectivity index (χ3n) is 5.10. The standard InChI is InChI=1S/C24H33N3O5S3/c1-5-19(2)34-33-17-15-27(18-28)14-16-32-24(29)12-13-25-35(30,31)23-11-7-8-20-21(23)9-6-10-22(20)26(3)4/h6-11,15,17-19,25H,5,12-14,16H2,1-4H3. The third kappa shape index (κ3) is 9.06. The number of hydrogen-bond acceptors (Lipinski definition) is 8. The van der Waals surface area contributed by atoms with E-state index in [4.69, 9.17) is 4.74 Å². The Bertz CT molecular complexity index is 1120. The second-order valence-electron chi connectivity index (χ2n) is 7.93. The van der Waals surface area contributed by atoms with Gasteiger partial charge in [0.05, 0.1) is 17.9 Å². The fourth-order valence-corrected chi connectivity index (χ4v) is 6.22. The molecule has 0 radical (unpaired) electrons. The van der Waals surface area contributed by atoms with Crippen LogP contribution in [0.3, 0.4) is 0 Å². The number of benzene rings is 2. The summed E-state index contributed by atoms with van der Waals surface area (Å²) >= 11 is 0. The number of ether oxygens (including phenoxy) is 1. The van der Waals surface area contributed by atoms with E-state index in [0.717, 1.165) is 17.5 Å². The van der Waals surface area contributed by atoms with Gasteiger partial charge < -0.3 is 14.5 Å². The number of amides is 1. The molecular formula is C24H33N3O5S3. The summed E-state index contributed by atoms with van der Waals surface area (Å²) in [4.78, 5) is 26.7. The molecule has 1 atom stereocenters. The summed E-state index contributed by atoms with van der Waals surface area (Å²) in [6.45, 7) is 4.39. The fraction of sp³-hybridized carbons (Fsp3) is 0.417. The number of carbonyl (C=O) groups excluding carboxylic acids is 2. The van der Waals surface area contributed by atoms with E-state index >= 15 is 0 Å². The molecule has 0 bridgehead atoms. The lowest BCUT2D eigenvalue weighted by Crippen LogP contribution is -2.28. The average molecular weight is 540 g/mol. The quantitative estimate of drug-likeness (QED) is 0.204. The summed E-state index contributed by atoms with van der Waals surface area (Å²) in [7, 11) is 3.23. The minimum Gasteiger partial charge on any atom is -0.464 e. The first kappa shape index (κ1) is 29.0. The lowest BCUT2D eigenvalue weighted by atomic mass is 10.1. The Balaban J connectivity index is 1.84.